The Hall–Kier alpha value is -1.11. The number of hydrogen-bond acceptors (Lipinski definition) is 5. The second-order valence-electron chi connectivity index (χ2n) is 3.75. The lowest BCUT2D eigenvalue weighted by atomic mass is 10.0. The fraction of sp³-hybridized carbons (Fsp3) is 0.500. The predicted molar refractivity (Wildman–Crippen MR) is 69.5 cm³/mol. The smallest absolute Gasteiger partial charge is 0.161 e. The minimum absolute atomic E-state index is 0.0527. The third kappa shape index (κ3) is 4.29. The van der Waals surface area contributed by atoms with E-state index >= 15 is 0 Å². The highest BCUT2D eigenvalue weighted by atomic mass is 32.2. The first-order valence-corrected chi connectivity index (χ1v) is 6.95. The summed E-state index contributed by atoms with van der Waals surface area (Å²) in [5.41, 5.74) is 6.77. The Labute approximate surface area is 110 Å². The molecule has 0 saturated heterocycles. The van der Waals surface area contributed by atoms with E-state index in [-0.39, 0.29) is 11.8 Å². The highest BCUT2D eigenvalue weighted by Crippen LogP contribution is 2.30. The number of nitrogens with two attached hydrogens (primary N) is 1. The first-order chi connectivity index (χ1) is 8.58. The molecule has 0 radical (unpaired) electrons. The summed E-state index contributed by atoms with van der Waals surface area (Å²) >= 11 is -2.06. The fourth-order valence-corrected chi connectivity index (χ4v) is 2.03. The molecule has 0 aromatic heterocycles. The fourth-order valence-electron chi connectivity index (χ4n) is 1.58. The van der Waals surface area contributed by atoms with E-state index in [4.69, 9.17) is 15.2 Å². The average Bonchev–Trinajstić information content (AvgIpc) is 2.36. The lowest BCUT2D eigenvalue weighted by Crippen LogP contribution is -2.14. The van der Waals surface area contributed by atoms with Gasteiger partial charge >= 0.3 is 0 Å². The van der Waals surface area contributed by atoms with Crippen molar-refractivity contribution in [3.63, 3.8) is 0 Å². The van der Waals surface area contributed by atoms with Crippen molar-refractivity contribution < 1.29 is 18.2 Å². The van der Waals surface area contributed by atoms with Crippen LogP contribution < -0.4 is 15.2 Å². The Kier molecular flexibility index (Phi) is 6.11. The minimum atomic E-state index is -2.06. The predicted octanol–water partition coefficient (Wildman–Crippen LogP) is 1.36. The normalized spacial score (nSPS) is 14.0. The van der Waals surface area contributed by atoms with Gasteiger partial charge in [0, 0.05) is 11.8 Å². The molecule has 1 aromatic rings. The summed E-state index contributed by atoms with van der Waals surface area (Å²) in [5, 5.41) is 0. The van der Waals surface area contributed by atoms with Gasteiger partial charge in [0.25, 0.3) is 0 Å². The Balaban J connectivity index is 2.82. The topological polar surface area (TPSA) is 84.6 Å². The highest BCUT2D eigenvalue weighted by Gasteiger charge is 2.10. The molecule has 1 aromatic carbocycles. The number of hydrogen-bond donors (Lipinski definition) is 1. The van der Waals surface area contributed by atoms with Crippen LogP contribution in [0.5, 0.6) is 11.5 Å². The van der Waals surface area contributed by atoms with E-state index in [1.54, 1.807) is 19.2 Å². The van der Waals surface area contributed by atoms with Gasteiger partial charge in [0.15, 0.2) is 11.5 Å². The quantitative estimate of drug-likeness (QED) is 0.758. The van der Waals surface area contributed by atoms with Crippen LogP contribution >= 0.6 is 0 Å². The lowest BCUT2D eigenvalue weighted by Gasteiger charge is -2.16. The maximum Gasteiger partial charge on any atom is 0.161 e. The van der Waals surface area contributed by atoms with Crippen molar-refractivity contribution in [2.24, 2.45) is 5.73 Å². The van der Waals surface area contributed by atoms with E-state index in [0.29, 0.717) is 24.5 Å². The van der Waals surface area contributed by atoms with Gasteiger partial charge in [-0.15, -0.1) is 0 Å². The van der Waals surface area contributed by atoms with Crippen LogP contribution in [-0.4, -0.2) is 28.2 Å². The summed E-state index contributed by atoms with van der Waals surface area (Å²) in [5.74, 6) is 1.31. The van der Waals surface area contributed by atoms with Gasteiger partial charge in [0.05, 0.1) is 13.7 Å². The van der Waals surface area contributed by atoms with E-state index in [1.165, 1.54) is 0 Å². The molecule has 6 heteroatoms. The van der Waals surface area contributed by atoms with E-state index in [2.05, 4.69) is 0 Å². The maximum absolute atomic E-state index is 10.5. The van der Waals surface area contributed by atoms with E-state index in [9.17, 15) is 8.76 Å². The number of rotatable bonds is 7. The first kappa shape index (κ1) is 14.9. The van der Waals surface area contributed by atoms with Crippen LogP contribution in [0.25, 0.3) is 0 Å². The summed E-state index contributed by atoms with van der Waals surface area (Å²) in [6.07, 6.45) is 0.383. The Morgan fingerprint density at radius 3 is 2.72 bits per heavy atom. The van der Waals surface area contributed by atoms with Gasteiger partial charge in [0.1, 0.15) is 0 Å². The zero-order chi connectivity index (χ0) is 13.5. The summed E-state index contributed by atoms with van der Waals surface area (Å²) in [6.45, 7) is 2.41. The second kappa shape index (κ2) is 7.35. The molecule has 1 rings (SSSR count). The second-order valence-corrected chi connectivity index (χ2v) is 4.76. The SMILES string of the molecule is CCOc1cc(C(N)CCS(=O)[O-])ccc1OC. The third-order valence-corrected chi connectivity index (χ3v) is 3.08. The summed E-state index contributed by atoms with van der Waals surface area (Å²) < 4.78 is 31.6. The number of benzene rings is 1. The largest absolute Gasteiger partial charge is 0.772 e. The zero-order valence-electron chi connectivity index (χ0n) is 10.5. The van der Waals surface area contributed by atoms with Crippen molar-refractivity contribution in [1.29, 1.82) is 0 Å². The molecule has 0 fully saturated rings. The summed E-state index contributed by atoms with van der Waals surface area (Å²) in [7, 11) is 1.57. The standard InChI is InChI=1S/C12H19NO4S/c1-3-17-12-8-9(4-5-11(12)16-2)10(13)6-7-18(14)15/h4-5,8,10H,3,6-7,13H2,1-2H3,(H,14,15)/p-1. The molecular formula is C12H18NO4S-. The molecule has 0 aliphatic carbocycles. The van der Waals surface area contributed by atoms with Crippen molar-refractivity contribution in [3.05, 3.63) is 23.8 Å². The molecule has 5 nitrogen and oxygen atoms in total. The third-order valence-electron chi connectivity index (χ3n) is 2.51. The molecule has 0 heterocycles. The van der Waals surface area contributed by atoms with E-state index in [1.807, 2.05) is 13.0 Å². The van der Waals surface area contributed by atoms with Crippen molar-refractivity contribution in [1.82, 2.24) is 0 Å². The van der Waals surface area contributed by atoms with E-state index < -0.39 is 11.1 Å². The molecule has 0 amide bonds. The Morgan fingerprint density at radius 1 is 1.44 bits per heavy atom. The zero-order valence-corrected chi connectivity index (χ0v) is 11.4. The molecular weight excluding hydrogens is 254 g/mol. The van der Waals surface area contributed by atoms with Gasteiger partial charge in [-0.3, -0.25) is 4.21 Å². The van der Waals surface area contributed by atoms with Crippen molar-refractivity contribution in [3.8, 4) is 11.5 Å². The molecule has 18 heavy (non-hydrogen) atoms. The van der Waals surface area contributed by atoms with Crippen molar-refractivity contribution in [2.75, 3.05) is 19.5 Å². The molecule has 0 saturated carbocycles. The molecule has 0 aliphatic heterocycles. The van der Waals surface area contributed by atoms with Gasteiger partial charge in [0.2, 0.25) is 0 Å². The monoisotopic (exact) mass is 272 g/mol. The van der Waals surface area contributed by atoms with Crippen LogP contribution in [0, 0.1) is 0 Å². The van der Waals surface area contributed by atoms with Crippen LogP contribution in [0.2, 0.25) is 0 Å². The van der Waals surface area contributed by atoms with Gasteiger partial charge in [-0.25, -0.2) is 0 Å². The van der Waals surface area contributed by atoms with Crippen LogP contribution in [0.3, 0.4) is 0 Å². The lowest BCUT2D eigenvalue weighted by molar-refractivity contribution is 0.310. The van der Waals surface area contributed by atoms with Crippen LogP contribution in [0.15, 0.2) is 18.2 Å². The van der Waals surface area contributed by atoms with Gasteiger partial charge < -0.3 is 19.8 Å². The van der Waals surface area contributed by atoms with Crippen LogP contribution in [0.4, 0.5) is 0 Å². The summed E-state index contributed by atoms with van der Waals surface area (Å²) in [4.78, 5) is 0. The summed E-state index contributed by atoms with van der Waals surface area (Å²) in [6, 6.07) is 5.06. The van der Waals surface area contributed by atoms with Gasteiger partial charge in [-0.2, -0.15) is 0 Å². The maximum atomic E-state index is 10.5. The van der Waals surface area contributed by atoms with Crippen molar-refractivity contribution in [2.45, 2.75) is 19.4 Å². The van der Waals surface area contributed by atoms with Gasteiger partial charge in [-0.05, 0) is 31.0 Å². The molecule has 2 atom stereocenters. The Morgan fingerprint density at radius 2 is 2.17 bits per heavy atom. The molecule has 0 aliphatic rings. The average molecular weight is 272 g/mol. The molecule has 2 N–H and O–H groups in total. The Bertz CT molecular complexity index is 411. The number of methoxy groups -OCH3 is 1. The van der Waals surface area contributed by atoms with Crippen molar-refractivity contribution >= 4 is 11.1 Å². The van der Waals surface area contributed by atoms with Crippen LogP contribution in [0.1, 0.15) is 24.9 Å². The molecule has 0 bridgehead atoms. The minimum Gasteiger partial charge on any atom is -0.772 e. The van der Waals surface area contributed by atoms with E-state index in [0.717, 1.165) is 5.56 Å². The highest BCUT2D eigenvalue weighted by molar-refractivity contribution is 7.79. The molecule has 102 valence electrons. The number of ether oxygens (including phenoxy) is 2. The molecule has 0 spiro atoms. The van der Waals surface area contributed by atoms with Crippen LogP contribution in [-0.2, 0) is 11.1 Å². The van der Waals surface area contributed by atoms with Gasteiger partial charge in [-0.1, -0.05) is 17.1 Å². The molecule has 2 unspecified atom stereocenters. The first-order valence-electron chi connectivity index (χ1n) is 5.70.